The zero-order chi connectivity index (χ0) is 13.9. The van der Waals surface area contributed by atoms with Crippen molar-refractivity contribution in [1.82, 2.24) is 9.97 Å². The summed E-state index contributed by atoms with van der Waals surface area (Å²) in [7, 11) is 0. The highest BCUT2D eigenvalue weighted by molar-refractivity contribution is 7.18. The summed E-state index contributed by atoms with van der Waals surface area (Å²) < 4.78 is 6.26. The number of para-hydroxylation sites is 1. The van der Waals surface area contributed by atoms with Crippen molar-refractivity contribution in [2.24, 2.45) is 0 Å². The highest BCUT2D eigenvalue weighted by Gasteiger charge is 2.11. The van der Waals surface area contributed by atoms with Gasteiger partial charge in [0.2, 0.25) is 0 Å². The Balaban J connectivity index is 1.71. The van der Waals surface area contributed by atoms with Crippen LogP contribution in [0.3, 0.4) is 0 Å². The minimum atomic E-state index is -0.508. The molecule has 0 amide bonds. The van der Waals surface area contributed by atoms with E-state index in [0.717, 1.165) is 15.2 Å². The number of ether oxygens (including phenoxy) is 1. The van der Waals surface area contributed by atoms with E-state index in [4.69, 9.17) is 16.3 Å². The molecule has 0 N–H and O–H groups in total. The number of carbonyl (C=O) groups excluding carboxylic acids is 1. The van der Waals surface area contributed by atoms with Gasteiger partial charge in [0, 0.05) is 11.2 Å². The highest BCUT2D eigenvalue weighted by Crippen LogP contribution is 2.22. The number of hydrogen-bond donors (Lipinski definition) is 0. The van der Waals surface area contributed by atoms with Crippen LogP contribution in [0.5, 0.6) is 0 Å². The molecule has 0 bridgehead atoms. The Morgan fingerprint density at radius 1 is 1.30 bits per heavy atom. The van der Waals surface area contributed by atoms with Gasteiger partial charge in [-0.25, -0.2) is 14.8 Å². The summed E-state index contributed by atoms with van der Waals surface area (Å²) in [5, 5.41) is 1.20. The van der Waals surface area contributed by atoms with Crippen LogP contribution in [0.4, 0.5) is 0 Å². The number of fused-ring (bicyclic) bond motifs is 1. The van der Waals surface area contributed by atoms with E-state index in [-0.39, 0.29) is 12.3 Å². The van der Waals surface area contributed by atoms with Crippen LogP contribution >= 0.6 is 22.9 Å². The van der Waals surface area contributed by atoms with Crippen molar-refractivity contribution < 1.29 is 9.53 Å². The number of hydrogen-bond acceptors (Lipinski definition) is 5. The minimum Gasteiger partial charge on any atom is -0.454 e. The minimum absolute atomic E-state index is 0.131. The number of carbonyl (C=O) groups is 1. The summed E-state index contributed by atoms with van der Waals surface area (Å²) in [5.41, 5.74) is 1.10. The fourth-order valence-corrected chi connectivity index (χ4v) is 2.74. The maximum atomic E-state index is 11.8. The van der Waals surface area contributed by atoms with E-state index in [1.165, 1.54) is 23.6 Å². The molecule has 0 saturated heterocycles. The summed E-state index contributed by atoms with van der Waals surface area (Å²) in [6.07, 6.45) is 1.47. The predicted octanol–water partition coefficient (Wildman–Crippen LogP) is 3.70. The van der Waals surface area contributed by atoms with E-state index in [1.54, 1.807) is 6.07 Å². The van der Waals surface area contributed by atoms with Gasteiger partial charge in [-0.1, -0.05) is 23.7 Å². The van der Waals surface area contributed by atoms with Crippen LogP contribution in [0.2, 0.25) is 5.02 Å². The number of esters is 1. The van der Waals surface area contributed by atoms with Crippen molar-refractivity contribution in [3.05, 3.63) is 58.3 Å². The van der Waals surface area contributed by atoms with Gasteiger partial charge in [-0.15, -0.1) is 11.3 Å². The molecule has 100 valence electrons. The Labute approximate surface area is 124 Å². The molecule has 6 heteroatoms. The van der Waals surface area contributed by atoms with Crippen LogP contribution in [0.15, 0.2) is 42.6 Å². The van der Waals surface area contributed by atoms with Crippen molar-refractivity contribution in [3.63, 3.8) is 0 Å². The van der Waals surface area contributed by atoms with Gasteiger partial charge >= 0.3 is 5.97 Å². The highest BCUT2D eigenvalue weighted by atomic mass is 35.5. The molecule has 4 nitrogen and oxygen atoms in total. The van der Waals surface area contributed by atoms with Crippen LogP contribution in [0.1, 0.15) is 15.5 Å². The second-order valence-corrected chi connectivity index (χ2v) is 5.56. The third kappa shape index (κ3) is 2.79. The Morgan fingerprint density at radius 3 is 2.95 bits per heavy atom. The molecule has 0 radical (unpaired) electrons. The predicted molar refractivity (Wildman–Crippen MR) is 78.0 cm³/mol. The third-order valence-corrected chi connectivity index (χ3v) is 3.84. The van der Waals surface area contributed by atoms with Gasteiger partial charge in [-0.05, 0) is 24.3 Å². The zero-order valence-corrected chi connectivity index (χ0v) is 11.8. The van der Waals surface area contributed by atoms with Crippen molar-refractivity contribution in [3.8, 4) is 0 Å². The largest absolute Gasteiger partial charge is 0.454 e. The van der Waals surface area contributed by atoms with E-state index in [2.05, 4.69) is 9.97 Å². The first kappa shape index (κ1) is 13.0. The van der Waals surface area contributed by atoms with E-state index >= 15 is 0 Å². The van der Waals surface area contributed by atoms with Crippen LogP contribution in [0, 0.1) is 0 Å². The molecule has 0 spiro atoms. The number of rotatable bonds is 3. The lowest BCUT2D eigenvalue weighted by molar-refractivity contribution is 0.0465. The smallest absolute Gasteiger partial charge is 0.357 e. The van der Waals surface area contributed by atoms with Crippen LogP contribution in [-0.2, 0) is 11.3 Å². The molecule has 3 rings (SSSR count). The Kier molecular flexibility index (Phi) is 3.62. The number of nitrogens with zero attached hydrogens (tertiary/aromatic N) is 2. The van der Waals surface area contributed by atoms with Gasteiger partial charge in [0.05, 0.1) is 10.2 Å². The number of halogens is 1. The lowest BCUT2D eigenvalue weighted by Crippen LogP contribution is -2.07. The molecule has 2 aromatic heterocycles. The topological polar surface area (TPSA) is 52.1 Å². The number of benzene rings is 1. The summed E-state index contributed by atoms with van der Waals surface area (Å²) in [6.45, 7) is 0.131. The first-order valence-corrected chi connectivity index (χ1v) is 7.05. The molecule has 0 unspecified atom stereocenters. The van der Waals surface area contributed by atoms with Gasteiger partial charge in [0.25, 0.3) is 0 Å². The summed E-state index contributed by atoms with van der Waals surface area (Å²) in [6, 6.07) is 10.9. The van der Waals surface area contributed by atoms with Crippen molar-refractivity contribution in [2.75, 3.05) is 0 Å². The van der Waals surface area contributed by atoms with Gasteiger partial charge in [0.1, 0.15) is 17.3 Å². The molecular formula is C14H9ClN2O2S. The molecule has 1 aromatic carbocycles. The van der Waals surface area contributed by atoms with E-state index in [1.807, 2.05) is 24.3 Å². The molecular weight excluding hydrogens is 296 g/mol. The van der Waals surface area contributed by atoms with Gasteiger partial charge in [0.15, 0.2) is 0 Å². The molecule has 0 aliphatic heterocycles. The lowest BCUT2D eigenvalue weighted by atomic mass is 10.3. The second-order valence-electron chi connectivity index (χ2n) is 4.01. The maximum absolute atomic E-state index is 11.8. The van der Waals surface area contributed by atoms with Gasteiger partial charge in [-0.3, -0.25) is 0 Å². The van der Waals surface area contributed by atoms with Crippen LogP contribution < -0.4 is 0 Å². The molecule has 0 aliphatic carbocycles. The summed E-state index contributed by atoms with van der Waals surface area (Å²) in [4.78, 5) is 20.1. The van der Waals surface area contributed by atoms with Gasteiger partial charge < -0.3 is 4.74 Å². The first-order valence-electron chi connectivity index (χ1n) is 5.85. The fourth-order valence-electron chi connectivity index (χ4n) is 1.70. The fraction of sp³-hybridized carbons (Fsp3) is 0.0714. The summed E-state index contributed by atoms with van der Waals surface area (Å²) >= 11 is 7.30. The molecule has 0 atom stereocenters. The van der Waals surface area contributed by atoms with E-state index in [0.29, 0.717) is 5.02 Å². The normalized spacial score (nSPS) is 10.7. The summed E-state index contributed by atoms with van der Waals surface area (Å²) in [5.74, 6) is -0.508. The van der Waals surface area contributed by atoms with Crippen molar-refractivity contribution >= 4 is 39.1 Å². The van der Waals surface area contributed by atoms with E-state index in [9.17, 15) is 4.79 Å². The molecule has 2 heterocycles. The van der Waals surface area contributed by atoms with Gasteiger partial charge in [-0.2, -0.15) is 0 Å². The van der Waals surface area contributed by atoms with Crippen LogP contribution in [-0.4, -0.2) is 15.9 Å². The quantitative estimate of drug-likeness (QED) is 0.692. The lowest BCUT2D eigenvalue weighted by Gasteiger charge is -2.01. The average Bonchev–Trinajstić information content (AvgIpc) is 2.87. The van der Waals surface area contributed by atoms with Crippen molar-refractivity contribution in [1.29, 1.82) is 0 Å². The third-order valence-electron chi connectivity index (χ3n) is 2.60. The number of thiazole rings is 1. The van der Waals surface area contributed by atoms with Crippen LogP contribution in [0.25, 0.3) is 10.2 Å². The number of aromatic nitrogens is 2. The van der Waals surface area contributed by atoms with Crippen molar-refractivity contribution in [2.45, 2.75) is 6.61 Å². The zero-order valence-electron chi connectivity index (χ0n) is 10.2. The van der Waals surface area contributed by atoms with E-state index < -0.39 is 5.97 Å². The maximum Gasteiger partial charge on any atom is 0.357 e. The molecule has 0 fully saturated rings. The Bertz CT molecular complexity index is 739. The molecule has 0 saturated carbocycles. The Hall–Kier alpha value is -1.98. The first-order chi connectivity index (χ1) is 9.72. The molecule has 3 aromatic rings. The monoisotopic (exact) mass is 304 g/mol. The second kappa shape index (κ2) is 5.56. The SMILES string of the molecule is O=C(OCc1nc2ccccc2s1)c1cc(Cl)ccn1. The average molecular weight is 305 g/mol. The Morgan fingerprint density at radius 2 is 2.15 bits per heavy atom. The standard InChI is InChI=1S/C14H9ClN2O2S/c15-9-5-6-16-11(7-9)14(18)19-8-13-17-10-3-1-2-4-12(10)20-13/h1-7H,8H2. The number of pyridine rings is 1. The molecule has 20 heavy (non-hydrogen) atoms. The molecule has 0 aliphatic rings.